The van der Waals surface area contributed by atoms with Gasteiger partial charge in [-0.05, 0) is 66.4 Å². The molecule has 2 amide bonds. The van der Waals surface area contributed by atoms with Crippen molar-refractivity contribution in [2.45, 2.75) is 25.2 Å². The molecule has 238 valence electrons. The number of anilines is 3. The van der Waals surface area contributed by atoms with E-state index in [9.17, 15) is 46.0 Å². The molecule has 8 nitrogen and oxygen atoms in total. The number of fused-ring (bicyclic) bond motifs is 2. The van der Waals surface area contributed by atoms with Gasteiger partial charge in [-0.15, -0.1) is 0 Å². The number of nitrogens with zero attached hydrogens (tertiary/aromatic N) is 3. The number of halogens is 6. The molecule has 2 aliphatic heterocycles. The number of nitrogen functional groups attached to an aromatic ring is 1. The van der Waals surface area contributed by atoms with Gasteiger partial charge in [-0.3, -0.25) is 19.7 Å². The minimum Gasteiger partial charge on any atom is -0.398 e. The van der Waals surface area contributed by atoms with Crippen LogP contribution in [0.1, 0.15) is 43.0 Å². The van der Waals surface area contributed by atoms with E-state index >= 15 is 0 Å². The molecule has 2 heterocycles. The molecule has 4 aromatic carbocycles. The third kappa shape index (κ3) is 6.36. The predicted octanol–water partition coefficient (Wildman–Crippen LogP) is 7.31. The fourth-order valence-corrected chi connectivity index (χ4v) is 5.41. The van der Waals surface area contributed by atoms with E-state index in [1.165, 1.54) is 41.3 Å². The van der Waals surface area contributed by atoms with E-state index in [4.69, 9.17) is 5.73 Å². The smallest absolute Gasteiger partial charge is 0.398 e. The Balaban J connectivity index is 0.000000182. The van der Waals surface area contributed by atoms with Crippen LogP contribution in [0.25, 0.3) is 0 Å². The normalized spacial score (nSPS) is 14.7. The fraction of sp³-hybridized carbons (Fsp3) is 0.188. The van der Waals surface area contributed by atoms with Crippen LogP contribution in [-0.4, -0.2) is 29.8 Å². The Morgan fingerprint density at radius 2 is 1.09 bits per heavy atom. The number of carbonyl (C=O) groups is 2. The van der Waals surface area contributed by atoms with Crippen LogP contribution in [0.2, 0.25) is 0 Å². The summed E-state index contributed by atoms with van der Waals surface area (Å²) in [6.07, 6.45) is -8.08. The van der Waals surface area contributed by atoms with Gasteiger partial charge in [0.15, 0.2) is 0 Å². The van der Waals surface area contributed by atoms with Crippen molar-refractivity contribution in [1.29, 1.82) is 0 Å². The molecular formula is C32H24F6N4O4. The maximum Gasteiger partial charge on any atom is 0.416 e. The highest BCUT2D eigenvalue weighted by Gasteiger charge is 2.35. The van der Waals surface area contributed by atoms with E-state index in [0.29, 0.717) is 36.2 Å². The summed E-state index contributed by atoms with van der Waals surface area (Å²) in [5.41, 5.74) is 6.17. The minimum atomic E-state index is -4.53. The number of benzene rings is 4. The number of amides is 2. The molecule has 0 radical (unpaired) electrons. The molecule has 0 aliphatic carbocycles. The SMILES string of the molecule is Nc1cccc2c1C(=O)N(c1cccc(C(F)(F)F)c1)CC2.O=C1c2c(cccc2[N+](=O)[O-])CCN1c1cccc(C(F)(F)F)c1. The summed E-state index contributed by atoms with van der Waals surface area (Å²) in [6, 6.07) is 18.7. The van der Waals surface area contributed by atoms with E-state index in [-0.39, 0.29) is 35.1 Å². The van der Waals surface area contributed by atoms with Gasteiger partial charge in [0.05, 0.1) is 21.6 Å². The van der Waals surface area contributed by atoms with Crippen LogP contribution >= 0.6 is 0 Å². The van der Waals surface area contributed by atoms with Crippen molar-refractivity contribution < 1.29 is 40.9 Å². The molecule has 0 aromatic heterocycles. The summed E-state index contributed by atoms with van der Waals surface area (Å²) < 4.78 is 77.0. The van der Waals surface area contributed by atoms with Gasteiger partial charge in [0.2, 0.25) is 0 Å². The van der Waals surface area contributed by atoms with Crippen molar-refractivity contribution >= 4 is 34.6 Å². The van der Waals surface area contributed by atoms with Crippen LogP contribution < -0.4 is 15.5 Å². The zero-order valence-electron chi connectivity index (χ0n) is 23.7. The lowest BCUT2D eigenvalue weighted by Gasteiger charge is -2.29. The van der Waals surface area contributed by atoms with E-state index in [1.807, 2.05) is 6.07 Å². The molecule has 0 atom stereocenters. The highest BCUT2D eigenvalue weighted by Crippen LogP contribution is 2.36. The van der Waals surface area contributed by atoms with Gasteiger partial charge in [-0.2, -0.15) is 26.3 Å². The highest BCUT2D eigenvalue weighted by atomic mass is 19.4. The zero-order valence-corrected chi connectivity index (χ0v) is 23.7. The number of rotatable bonds is 3. The minimum absolute atomic E-state index is 0.0637. The van der Waals surface area contributed by atoms with E-state index in [1.54, 1.807) is 18.2 Å². The largest absolute Gasteiger partial charge is 0.416 e. The Morgan fingerprint density at radius 3 is 1.57 bits per heavy atom. The summed E-state index contributed by atoms with van der Waals surface area (Å²) in [4.78, 5) is 38.2. The summed E-state index contributed by atoms with van der Waals surface area (Å²) in [7, 11) is 0. The Bertz CT molecular complexity index is 1840. The quantitative estimate of drug-likeness (QED) is 0.109. The third-order valence-electron chi connectivity index (χ3n) is 7.61. The number of hydrogen-bond donors (Lipinski definition) is 1. The Labute approximate surface area is 257 Å². The summed E-state index contributed by atoms with van der Waals surface area (Å²) in [5, 5.41) is 11.1. The first-order valence-electron chi connectivity index (χ1n) is 13.8. The monoisotopic (exact) mass is 642 g/mol. The summed E-state index contributed by atoms with van der Waals surface area (Å²) >= 11 is 0. The second-order valence-corrected chi connectivity index (χ2v) is 10.5. The molecule has 2 N–H and O–H groups in total. The van der Waals surface area contributed by atoms with Gasteiger partial charge in [-0.25, -0.2) is 0 Å². The van der Waals surface area contributed by atoms with Crippen LogP contribution in [0.3, 0.4) is 0 Å². The maximum atomic E-state index is 12.8. The standard InChI is InChI=1S/C16H11F3N2O3.C16H13F3N2O/c17-16(18,19)11-4-2-5-12(9-11)20-8-7-10-3-1-6-13(21(23)24)14(10)15(20)22;17-16(18,19)11-4-2-5-12(9-11)21-8-7-10-3-1-6-13(20)14(10)15(21)22/h1-6,9H,7-8H2;1-6,9H,7-8,20H2. The molecule has 46 heavy (non-hydrogen) atoms. The molecule has 14 heteroatoms. The summed E-state index contributed by atoms with van der Waals surface area (Å²) in [5.74, 6) is -1.03. The molecule has 6 rings (SSSR count). The van der Waals surface area contributed by atoms with Crippen molar-refractivity contribution in [2.75, 3.05) is 28.6 Å². The summed E-state index contributed by atoms with van der Waals surface area (Å²) in [6.45, 7) is 0.491. The molecule has 0 fully saturated rings. The number of carbonyl (C=O) groups excluding carboxylic acids is 2. The molecular weight excluding hydrogens is 618 g/mol. The van der Waals surface area contributed by atoms with E-state index < -0.39 is 34.3 Å². The van der Waals surface area contributed by atoms with Crippen molar-refractivity contribution in [1.82, 2.24) is 0 Å². The lowest BCUT2D eigenvalue weighted by atomic mass is 9.96. The lowest BCUT2D eigenvalue weighted by Crippen LogP contribution is -2.38. The Morgan fingerprint density at radius 1 is 0.652 bits per heavy atom. The van der Waals surface area contributed by atoms with E-state index in [0.717, 1.165) is 34.7 Å². The third-order valence-corrected chi connectivity index (χ3v) is 7.61. The zero-order chi connectivity index (χ0) is 33.4. The fourth-order valence-electron chi connectivity index (χ4n) is 5.41. The van der Waals surface area contributed by atoms with Gasteiger partial charge in [0.25, 0.3) is 17.5 Å². The molecule has 0 saturated carbocycles. The average Bonchev–Trinajstić information content (AvgIpc) is 3.01. The van der Waals surface area contributed by atoms with E-state index in [2.05, 4.69) is 0 Å². The molecule has 2 aliphatic rings. The maximum absolute atomic E-state index is 12.8. The Hall–Kier alpha value is -5.40. The number of nitro benzene ring substituents is 1. The van der Waals surface area contributed by atoms with Crippen LogP contribution in [0.5, 0.6) is 0 Å². The van der Waals surface area contributed by atoms with Gasteiger partial charge < -0.3 is 15.5 Å². The van der Waals surface area contributed by atoms with Crippen molar-refractivity contribution in [3.8, 4) is 0 Å². The average molecular weight is 643 g/mol. The van der Waals surface area contributed by atoms with Gasteiger partial charge in [0, 0.05) is 36.2 Å². The highest BCUT2D eigenvalue weighted by molar-refractivity contribution is 6.12. The van der Waals surface area contributed by atoms with Crippen molar-refractivity contribution in [2.24, 2.45) is 0 Å². The molecule has 0 saturated heterocycles. The van der Waals surface area contributed by atoms with Crippen LogP contribution in [0, 0.1) is 10.1 Å². The van der Waals surface area contributed by atoms with Crippen molar-refractivity contribution in [3.63, 3.8) is 0 Å². The molecule has 0 unspecified atom stereocenters. The lowest BCUT2D eigenvalue weighted by molar-refractivity contribution is -0.385. The first-order chi connectivity index (χ1) is 21.7. The van der Waals surface area contributed by atoms with Gasteiger partial charge >= 0.3 is 12.4 Å². The first kappa shape index (κ1) is 32.0. The second-order valence-electron chi connectivity index (χ2n) is 10.5. The van der Waals surface area contributed by atoms with Crippen molar-refractivity contribution in [3.05, 3.63) is 128 Å². The topological polar surface area (TPSA) is 110 Å². The predicted molar refractivity (Wildman–Crippen MR) is 158 cm³/mol. The first-order valence-corrected chi connectivity index (χ1v) is 13.8. The van der Waals surface area contributed by atoms with Crippen LogP contribution in [0.4, 0.5) is 49.1 Å². The number of nitrogens with two attached hydrogens (primary N) is 1. The number of alkyl halides is 6. The van der Waals surface area contributed by atoms with Gasteiger partial charge in [0.1, 0.15) is 5.56 Å². The number of hydrogen-bond acceptors (Lipinski definition) is 5. The molecule has 0 spiro atoms. The van der Waals surface area contributed by atoms with Crippen LogP contribution in [0.15, 0.2) is 84.9 Å². The van der Waals surface area contributed by atoms with Crippen LogP contribution in [-0.2, 0) is 25.2 Å². The Kier molecular flexibility index (Phi) is 8.48. The molecule has 4 aromatic rings. The molecule has 0 bridgehead atoms. The van der Waals surface area contributed by atoms with Gasteiger partial charge in [-0.1, -0.05) is 36.4 Å². The second kappa shape index (κ2) is 12.2. The number of nitro groups is 1.